The van der Waals surface area contributed by atoms with Gasteiger partial charge in [0.05, 0.1) is 6.61 Å². The molecule has 2 aliphatic rings. The summed E-state index contributed by atoms with van der Waals surface area (Å²) in [6.07, 6.45) is 2.82. The number of carbonyl (C=O) groups is 1. The van der Waals surface area contributed by atoms with Gasteiger partial charge in [0, 0.05) is 37.9 Å². The summed E-state index contributed by atoms with van der Waals surface area (Å²) >= 11 is 0. The van der Waals surface area contributed by atoms with Crippen molar-refractivity contribution in [2.75, 3.05) is 19.7 Å². The standard InChI is InChI=1S/C20H21NO3/c22-20(16-6-7-19-15(14-16)10-13-23-19)21-11-8-18(9-12-21)24-17-4-2-1-3-5-17/h1-7,14,18H,8-13H2. The SMILES string of the molecule is O=C(c1ccc2c(c1)CCO2)N1CCC(Oc2ccccc2)CC1. The van der Waals surface area contributed by atoms with E-state index >= 15 is 0 Å². The summed E-state index contributed by atoms with van der Waals surface area (Å²) in [5.41, 5.74) is 1.91. The van der Waals surface area contributed by atoms with E-state index in [0.29, 0.717) is 0 Å². The van der Waals surface area contributed by atoms with Crippen LogP contribution in [0.1, 0.15) is 28.8 Å². The molecule has 0 atom stereocenters. The Labute approximate surface area is 142 Å². The highest BCUT2D eigenvalue weighted by Gasteiger charge is 2.25. The minimum atomic E-state index is 0.114. The highest BCUT2D eigenvalue weighted by atomic mass is 16.5. The zero-order valence-corrected chi connectivity index (χ0v) is 13.6. The van der Waals surface area contributed by atoms with Crippen LogP contribution in [0.2, 0.25) is 0 Å². The molecule has 4 heteroatoms. The molecule has 2 aliphatic heterocycles. The molecule has 0 spiro atoms. The van der Waals surface area contributed by atoms with Crippen LogP contribution in [0.15, 0.2) is 48.5 Å². The van der Waals surface area contributed by atoms with E-state index < -0.39 is 0 Å². The molecule has 2 heterocycles. The maximum absolute atomic E-state index is 12.7. The van der Waals surface area contributed by atoms with Crippen molar-refractivity contribution < 1.29 is 14.3 Å². The van der Waals surface area contributed by atoms with E-state index in [2.05, 4.69) is 0 Å². The number of benzene rings is 2. The Balaban J connectivity index is 1.36. The summed E-state index contributed by atoms with van der Waals surface area (Å²) in [7, 11) is 0. The fourth-order valence-electron chi connectivity index (χ4n) is 3.37. The third kappa shape index (κ3) is 3.09. The van der Waals surface area contributed by atoms with Crippen LogP contribution in [0.25, 0.3) is 0 Å². The Morgan fingerprint density at radius 1 is 1.08 bits per heavy atom. The van der Waals surface area contributed by atoms with E-state index in [0.717, 1.165) is 61.6 Å². The molecular formula is C20H21NO3. The number of fused-ring (bicyclic) bond motifs is 1. The predicted molar refractivity (Wildman–Crippen MR) is 91.6 cm³/mol. The van der Waals surface area contributed by atoms with Crippen LogP contribution in [0.3, 0.4) is 0 Å². The van der Waals surface area contributed by atoms with Gasteiger partial charge in [0.15, 0.2) is 0 Å². The zero-order valence-electron chi connectivity index (χ0n) is 13.6. The predicted octanol–water partition coefficient (Wildman–Crippen LogP) is 3.31. The zero-order chi connectivity index (χ0) is 16.4. The molecule has 24 heavy (non-hydrogen) atoms. The number of rotatable bonds is 3. The molecule has 4 nitrogen and oxygen atoms in total. The molecule has 1 fully saturated rings. The van der Waals surface area contributed by atoms with Crippen LogP contribution in [-0.2, 0) is 6.42 Å². The number of para-hydroxylation sites is 1. The number of piperidine rings is 1. The van der Waals surface area contributed by atoms with Gasteiger partial charge in [-0.2, -0.15) is 0 Å². The number of ether oxygens (including phenoxy) is 2. The highest BCUT2D eigenvalue weighted by molar-refractivity contribution is 5.94. The lowest BCUT2D eigenvalue weighted by Crippen LogP contribution is -2.41. The Bertz CT molecular complexity index is 721. The summed E-state index contributed by atoms with van der Waals surface area (Å²) < 4.78 is 11.5. The molecule has 2 aromatic carbocycles. The van der Waals surface area contributed by atoms with E-state index in [1.165, 1.54) is 0 Å². The van der Waals surface area contributed by atoms with E-state index in [-0.39, 0.29) is 12.0 Å². The lowest BCUT2D eigenvalue weighted by atomic mass is 10.0. The van der Waals surface area contributed by atoms with Gasteiger partial charge in [0.2, 0.25) is 0 Å². The van der Waals surface area contributed by atoms with Crippen LogP contribution in [0.4, 0.5) is 0 Å². The van der Waals surface area contributed by atoms with Crippen molar-refractivity contribution in [3.63, 3.8) is 0 Å². The second-order valence-electron chi connectivity index (χ2n) is 6.34. The normalized spacial score (nSPS) is 17.2. The molecule has 2 aromatic rings. The molecular weight excluding hydrogens is 302 g/mol. The fourth-order valence-corrected chi connectivity index (χ4v) is 3.37. The van der Waals surface area contributed by atoms with Gasteiger partial charge >= 0.3 is 0 Å². The highest BCUT2D eigenvalue weighted by Crippen LogP contribution is 2.27. The van der Waals surface area contributed by atoms with E-state index in [4.69, 9.17) is 9.47 Å². The van der Waals surface area contributed by atoms with Gasteiger partial charge in [-0.15, -0.1) is 0 Å². The Hall–Kier alpha value is -2.49. The van der Waals surface area contributed by atoms with Crippen LogP contribution in [-0.4, -0.2) is 36.6 Å². The monoisotopic (exact) mass is 323 g/mol. The number of carbonyl (C=O) groups excluding carboxylic acids is 1. The number of hydrogen-bond donors (Lipinski definition) is 0. The van der Waals surface area contributed by atoms with Gasteiger partial charge in [-0.3, -0.25) is 4.79 Å². The van der Waals surface area contributed by atoms with Crippen LogP contribution in [0, 0.1) is 0 Å². The quantitative estimate of drug-likeness (QED) is 0.870. The van der Waals surface area contributed by atoms with Crippen molar-refractivity contribution in [2.45, 2.75) is 25.4 Å². The maximum Gasteiger partial charge on any atom is 0.253 e. The summed E-state index contributed by atoms with van der Waals surface area (Å²) in [5, 5.41) is 0. The first-order chi connectivity index (χ1) is 11.8. The second kappa shape index (κ2) is 6.56. The van der Waals surface area contributed by atoms with Crippen molar-refractivity contribution in [3.05, 3.63) is 59.7 Å². The number of hydrogen-bond acceptors (Lipinski definition) is 3. The molecule has 124 valence electrons. The van der Waals surface area contributed by atoms with Crippen molar-refractivity contribution >= 4 is 5.91 Å². The van der Waals surface area contributed by atoms with Crippen molar-refractivity contribution in [1.82, 2.24) is 4.90 Å². The van der Waals surface area contributed by atoms with Gasteiger partial charge in [0.1, 0.15) is 17.6 Å². The van der Waals surface area contributed by atoms with Crippen molar-refractivity contribution in [2.24, 2.45) is 0 Å². The smallest absolute Gasteiger partial charge is 0.253 e. The molecule has 0 saturated carbocycles. The van der Waals surface area contributed by atoms with E-state index in [1.54, 1.807) is 0 Å². The van der Waals surface area contributed by atoms with Gasteiger partial charge in [-0.1, -0.05) is 18.2 Å². The first-order valence-electron chi connectivity index (χ1n) is 8.56. The first kappa shape index (κ1) is 15.1. The molecule has 1 amide bonds. The minimum Gasteiger partial charge on any atom is -0.493 e. The number of amides is 1. The van der Waals surface area contributed by atoms with Gasteiger partial charge in [0.25, 0.3) is 5.91 Å². The second-order valence-corrected chi connectivity index (χ2v) is 6.34. The van der Waals surface area contributed by atoms with Crippen LogP contribution >= 0.6 is 0 Å². The number of likely N-dealkylation sites (tertiary alicyclic amines) is 1. The molecule has 0 aromatic heterocycles. The summed E-state index contributed by atoms with van der Waals surface area (Å²) in [6.45, 7) is 2.20. The molecule has 1 saturated heterocycles. The summed E-state index contributed by atoms with van der Waals surface area (Å²) in [6, 6.07) is 15.7. The molecule has 0 bridgehead atoms. The third-order valence-electron chi connectivity index (χ3n) is 4.71. The van der Waals surface area contributed by atoms with Gasteiger partial charge in [-0.05, 0) is 35.9 Å². The lowest BCUT2D eigenvalue weighted by molar-refractivity contribution is 0.0595. The lowest BCUT2D eigenvalue weighted by Gasteiger charge is -2.32. The average molecular weight is 323 g/mol. The largest absolute Gasteiger partial charge is 0.493 e. The van der Waals surface area contributed by atoms with E-state index in [9.17, 15) is 4.79 Å². The average Bonchev–Trinajstić information content (AvgIpc) is 3.10. The molecule has 0 radical (unpaired) electrons. The maximum atomic E-state index is 12.7. The topological polar surface area (TPSA) is 38.8 Å². The number of nitrogens with zero attached hydrogens (tertiary/aromatic N) is 1. The Morgan fingerprint density at radius 3 is 2.67 bits per heavy atom. The molecule has 0 unspecified atom stereocenters. The Kier molecular flexibility index (Phi) is 4.11. The fraction of sp³-hybridized carbons (Fsp3) is 0.350. The van der Waals surface area contributed by atoms with Gasteiger partial charge < -0.3 is 14.4 Å². The van der Waals surface area contributed by atoms with Crippen LogP contribution < -0.4 is 9.47 Å². The van der Waals surface area contributed by atoms with Crippen molar-refractivity contribution in [3.8, 4) is 11.5 Å². The van der Waals surface area contributed by atoms with Crippen LogP contribution in [0.5, 0.6) is 11.5 Å². The first-order valence-corrected chi connectivity index (χ1v) is 8.56. The molecule has 0 aliphatic carbocycles. The van der Waals surface area contributed by atoms with Crippen molar-refractivity contribution in [1.29, 1.82) is 0 Å². The third-order valence-corrected chi connectivity index (χ3v) is 4.71. The minimum absolute atomic E-state index is 0.114. The molecule has 0 N–H and O–H groups in total. The summed E-state index contributed by atoms with van der Waals surface area (Å²) in [5.74, 6) is 1.94. The molecule has 4 rings (SSSR count). The van der Waals surface area contributed by atoms with E-state index in [1.807, 2.05) is 53.4 Å². The summed E-state index contributed by atoms with van der Waals surface area (Å²) in [4.78, 5) is 14.6. The van der Waals surface area contributed by atoms with Gasteiger partial charge in [-0.25, -0.2) is 0 Å². The Morgan fingerprint density at radius 2 is 1.88 bits per heavy atom.